The number of aromatic amines is 1. The van der Waals surface area contributed by atoms with Gasteiger partial charge in [0.2, 0.25) is 0 Å². The monoisotopic (exact) mass is 194 g/mol. The van der Waals surface area contributed by atoms with Crippen molar-refractivity contribution in [1.29, 1.82) is 0 Å². The molecular formula is C10H14N2O2. The Morgan fingerprint density at radius 3 is 2.29 bits per heavy atom. The standard InChI is InChI=1S/C10H14N2O2/c1-4-5-8-11-9(6(2)13)10(12-8)7(3)14/h4-5H2,1-3H3,(H,11,12). The molecule has 0 saturated heterocycles. The van der Waals surface area contributed by atoms with Gasteiger partial charge in [-0.2, -0.15) is 0 Å². The number of carbonyl (C=O) groups excluding carboxylic acids is 2. The number of aryl methyl sites for hydroxylation is 1. The molecule has 0 saturated carbocycles. The first kappa shape index (κ1) is 10.6. The lowest BCUT2D eigenvalue weighted by Gasteiger charge is -1.91. The van der Waals surface area contributed by atoms with Crippen LogP contribution in [-0.4, -0.2) is 21.5 Å². The van der Waals surface area contributed by atoms with Crippen LogP contribution < -0.4 is 0 Å². The van der Waals surface area contributed by atoms with Crippen LogP contribution in [0.5, 0.6) is 0 Å². The first-order valence-corrected chi connectivity index (χ1v) is 4.67. The zero-order chi connectivity index (χ0) is 10.7. The number of aromatic nitrogens is 2. The van der Waals surface area contributed by atoms with E-state index in [9.17, 15) is 9.59 Å². The number of rotatable bonds is 4. The highest BCUT2D eigenvalue weighted by atomic mass is 16.1. The van der Waals surface area contributed by atoms with E-state index in [1.165, 1.54) is 13.8 Å². The van der Waals surface area contributed by atoms with Gasteiger partial charge in [0.15, 0.2) is 11.6 Å². The summed E-state index contributed by atoms with van der Waals surface area (Å²) in [6.45, 7) is 4.86. The van der Waals surface area contributed by atoms with Crippen LogP contribution in [0.3, 0.4) is 0 Å². The van der Waals surface area contributed by atoms with E-state index in [2.05, 4.69) is 9.97 Å². The summed E-state index contributed by atoms with van der Waals surface area (Å²) in [6.07, 6.45) is 1.69. The van der Waals surface area contributed by atoms with Gasteiger partial charge in [-0.1, -0.05) is 6.92 Å². The van der Waals surface area contributed by atoms with E-state index in [1.54, 1.807) is 0 Å². The highest BCUT2D eigenvalue weighted by Crippen LogP contribution is 2.09. The van der Waals surface area contributed by atoms with Crippen molar-refractivity contribution < 1.29 is 9.59 Å². The minimum Gasteiger partial charge on any atom is -0.339 e. The topological polar surface area (TPSA) is 62.8 Å². The number of hydrogen-bond acceptors (Lipinski definition) is 3. The lowest BCUT2D eigenvalue weighted by molar-refractivity contribution is 0.0976. The molecule has 0 spiro atoms. The summed E-state index contributed by atoms with van der Waals surface area (Å²) in [7, 11) is 0. The van der Waals surface area contributed by atoms with Gasteiger partial charge in [0.1, 0.15) is 17.2 Å². The molecule has 0 atom stereocenters. The first-order valence-electron chi connectivity index (χ1n) is 4.67. The van der Waals surface area contributed by atoms with Crippen molar-refractivity contribution in [3.05, 3.63) is 17.2 Å². The fraction of sp³-hybridized carbons (Fsp3) is 0.500. The van der Waals surface area contributed by atoms with E-state index in [-0.39, 0.29) is 17.3 Å². The fourth-order valence-electron chi connectivity index (χ4n) is 1.29. The Hall–Kier alpha value is -1.45. The van der Waals surface area contributed by atoms with Crippen molar-refractivity contribution in [2.75, 3.05) is 0 Å². The Balaban J connectivity index is 3.12. The summed E-state index contributed by atoms with van der Waals surface area (Å²) in [5.41, 5.74) is 0.599. The molecule has 1 aromatic rings. The van der Waals surface area contributed by atoms with Crippen molar-refractivity contribution in [3.63, 3.8) is 0 Å². The Labute approximate surface area is 82.7 Å². The van der Waals surface area contributed by atoms with E-state index in [1.807, 2.05) is 6.92 Å². The normalized spacial score (nSPS) is 10.2. The Morgan fingerprint density at radius 1 is 1.29 bits per heavy atom. The number of imidazole rings is 1. The summed E-state index contributed by atoms with van der Waals surface area (Å²) >= 11 is 0. The molecule has 1 rings (SSSR count). The lowest BCUT2D eigenvalue weighted by atomic mass is 10.2. The molecule has 0 aliphatic heterocycles. The number of hydrogen-bond donors (Lipinski definition) is 1. The van der Waals surface area contributed by atoms with Gasteiger partial charge in [0.25, 0.3) is 0 Å². The second kappa shape index (κ2) is 4.17. The Bertz CT molecular complexity index is 335. The number of nitrogens with zero attached hydrogens (tertiary/aromatic N) is 1. The third kappa shape index (κ3) is 2.07. The number of carbonyl (C=O) groups is 2. The van der Waals surface area contributed by atoms with Crippen LogP contribution in [0.25, 0.3) is 0 Å². The molecule has 0 fully saturated rings. The molecule has 1 aromatic heterocycles. The predicted octanol–water partition coefficient (Wildman–Crippen LogP) is 1.77. The third-order valence-corrected chi connectivity index (χ3v) is 1.93. The molecule has 1 N–H and O–H groups in total. The minimum absolute atomic E-state index is 0.148. The van der Waals surface area contributed by atoms with Crippen LogP contribution in [-0.2, 0) is 6.42 Å². The third-order valence-electron chi connectivity index (χ3n) is 1.93. The quantitative estimate of drug-likeness (QED) is 0.743. The van der Waals surface area contributed by atoms with Crippen LogP contribution in [0.2, 0.25) is 0 Å². The van der Waals surface area contributed by atoms with Gasteiger partial charge in [0, 0.05) is 20.3 Å². The fourth-order valence-corrected chi connectivity index (χ4v) is 1.29. The van der Waals surface area contributed by atoms with E-state index < -0.39 is 0 Å². The van der Waals surface area contributed by atoms with Crippen LogP contribution in [0.4, 0.5) is 0 Å². The van der Waals surface area contributed by atoms with Crippen LogP contribution in [0.1, 0.15) is 54.0 Å². The smallest absolute Gasteiger partial charge is 0.180 e. The molecule has 76 valence electrons. The largest absolute Gasteiger partial charge is 0.339 e. The maximum absolute atomic E-state index is 11.2. The highest BCUT2D eigenvalue weighted by Gasteiger charge is 2.16. The van der Waals surface area contributed by atoms with E-state index >= 15 is 0 Å². The summed E-state index contributed by atoms with van der Waals surface area (Å²) in [4.78, 5) is 29.3. The molecule has 1 heterocycles. The number of nitrogens with one attached hydrogen (secondary N) is 1. The van der Waals surface area contributed by atoms with Crippen molar-refractivity contribution in [3.8, 4) is 0 Å². The zero-order valence-corrected chi connectivity index (χ0v) is 8.68. The van der Waals surface area contributed by atoms with Crippen molar-refractivity contribution in [2.24, 2.45) is 0 Å². The van der Waals surface area contributed by atoms with Crippen LogP contribution in [0.15, 0.2) is 0 Å². The number of Topliss-reactive ketones (excluding diaryl/α,β-unsaturated/α-hetero) is 2. The molecule has 14 heavy (non-hydrogen) atoms. The molecule has 4 nitrogen and oxygen atoms in total. The molecule has 0 aliphatic rings. The summed E-state index contributed by atoms with van der Waals surface area (Å²) < 4.78 is 0. The second-order valence-electron chi connectivity index (χ2n) is 3.27. The SMILES string of the molecule is CCCc1nc(C(C)=O)c(C(C)=O)[nH]1. The average Bonchev–Trinajstić information content (AvgIpc) is 2.49. The summed E-state index contributed by atoms with van der Waals surface area (Å²) in [6, 6.07) is 0. The van der Waals surface area contributed by atoms with E-state index in [0.29, 0.717) is 11.5 Å². The Morgan fingerprint density at radius 2 is 1.93 bits per heavy atom. The molecule has 0 radical (unpaired) electrons. The molecule has 0 bridgehead atoms. The maximum atomic E-state index is 11.2. The maximum Gasteiger partial charge on any atom is 0.180 e. The van der Waals surface area contributed by atoms with Gasteiger partial charge in [0.05, 0.1) is 0 Å². The van der Waals surface area contributed by atoms with Crippen molar-refractivity contribution >= 4 is 11.6 Å². The molecule has 0 aromatic carbocycles. The van der Waals surface area contributed by atoms with Crippen LogP contribution >= 0.6 is 0 Å². The van der Waals surface area contributed by atoms with Gasteiger partial charge in [-0.15, -0.1) is 0 Å². The lowest BCUT2D eigenvalue weighted by Crippen LogP contribution is -2.02. The molecule has 4 heteroatoms. The molecular weight excluding hydrogens is 180 g/mol. The minimum atomic E-state index is -0.172. The highest BCUT2D eigenvalue weighted by molar-refractivity contribution is 6.04. The second-order valence-corrected chi connectivity index (χ2v) is 3.27. The predicted molar refractivity (Wildman–Crippen MR) is 52.6 cm³/mol. The van der Waals surface area contributed by atoms with Gasteiger partial charge >= 0.3 is 0 Å². The first-order chi connectivity index (χ1) is 6.56. The summed E-state index contributed by atoms with van der Waals surface area (Å²) in [5.74, 6) is 0.391. The van der Waals surface area contributed by atoms with Gasteiger partial charge < -0.3 is 4.98 Å². The van der Waals surface area contributed by atoms with Gasteiger partial charge in [-0.25, -0.2) is 4.98 Å². The van der Waals surface area contributed by atoms with Crippen molar-refractivity contribution in [2.45, 2.75) is 33.6 Å². The summed E-state index contributed by atoms with van der Waals surface area (Å²) in [5, 5.41) is 0. The van der Waals surface area contributed by atoms with E-state index in [4.69, 9.17) is 0 Å². The van der Waals surface area contributed by atoms with Crippen LogP contribution in [0, 0.1) is 0 Å². The number of ketones is 2. The molecule has 0 unspecified atom stereocenters. The van der Waals surface area contributed by atoms with Gasteiger partial charge in [-0.3, -0.25) is 9.59 Å². The van der Waals surface area contributed by atoms with Crippen molar-refractivity contribution in [1.82, 2.24) is 9.97 Å². The van der Waals surface area contributed by atoms with E-state index in [0.717, 1.165) is 12.8 Å². The number of H-pyrrole nitrogens is 1. The molecule has 0 aliphatic carbocycles. The van der Waals surface area contributed by atoms with Gasteiger partial charge in [-0.05, 0) is 6.42 Å². The Kier molecular flexibility index (Phi) is 3.17. The zero-order valence-electron chi connectivity index (χ0n) is 8.68. The average molecular weight is 194 g/mol. The molecule has 0 amide bonds.